The Hall–Kier alpha value is -2.67. The molecule has 0 bridgehead atoms. The average Bonchev–Trinajstić information content (AvgIpc) is 2.90. The van der Waals surface area contributed by atoms with Gasteiger partial charge in [-0.25, -0.2) is 10.4 Å². The van der Waals surface area contributed by atoms with Crippen molar-refractivity contribution in [1.82, 2.24) is 14.8 Å². The first-order chi connectivity index (χ1) is 12.0. The molecule has 2 aromatic heterocycles. The first-order valence-corrected chi connectivity index (χ1v) is 8.50. The van der Waals surface area contributed by atoms with Gasteiger partial charge in [0.2, 0.25) is 0 Å². The first-order valence-electron chi connectivity index (χ1n) is 7.70. The normalized spacial score (nSPS) is 11.2. The largest absolute Gasteiger partial charge is 0.378 e. The molecule has 1 N–H and O–H groups in total. The lowest BCUT2D eigenvalue weighted by Crippen LogP contribution is -2.20. The Labute approximate surface area is 154 Å². The number of fused-ring (bicyclic) bond motifs is 1. The Bertz CT molecular complexity index is 944. The van der Waals surface area contributed by atoms with Crippen molar-refractivity contribution < 1.29 is 4.79 Å². The van der Waals surface area contributed by atoms with Gasteiger partial charge in [0.05, 0.1) is 11.9 Å². The highest BCUT2D eigenvalue weighted by Crippen LogP contribution is 2.16. The van der Waals surface area contributed by atoms with E-state index in [9.17, 15) is 4.79 Å². The molecule has 0 aliphatic carbocycles. The highest BCUT2D eigenvalue weighted by atomic mass is 79.9. The number of benzene rings is 1. The lowest BCUT2D eigenvalue weighted by Gasteiger charge is -2.11. The van der Waals surface area contributed by atoms with Gasteiger partial charge in [0.1, 0.15) is 11.3 Å². The minimum Gasteiger partial charge on any atom is -0.378 e. The fourth-order valence-electron chi connectivity index (χ4n) is 2.49. The molecular weight excluding hydrogens is 382 g/mol. The van der Waals surface area contributed by atoms with Crippen LogP contribution >= 0.6 is 15.9 Å². The van der Waals surface area contributed by atoms with Crippen LogP contribution in [0, 0.1) is 6.92 Å². The summed E-state index contributed by atoms with van der Waals surface area (Å²) in [5.74, 6) is -0.302. The third kappa shape index (κ3) is 3.71. The molecule has 25 heavy (non-hydrogen) atoms. The number of rotatable bonds is 4. The van der Waals surface area contributed by atoms with Crippen LogP contribution in [0.2, 0.25) is 0 Å². The summed E-state index contributed by atoms with van der Waals surface area (Å²) in [6.07, 6.45) is 3.43. The van der Waals surface area contributed by atoms with E-state index in [0.717, 1.165) is 15.7 Å². The zero-order chi connectivity index (χ0) is 18.0. The number of hydrogen-bond donors (Lipinski definition) is 1. The van der Waals surface area contributed by atoms with E-state index in [1.807, 2.05) is 61.6 Å². The number of carbonyl (C=O) groups excluding carboxylic acids is 1. The second-order valence-corrected chi connectivity index (χ2v) is 6.72. The molecule has 0 spiro atoms. The highest BCUT2D eigenvalue weighted by molar-refractivity contribution is 9.10. The number of amides is 1. The molecule has 6 nitrogen and oxygen atoms in total. The number of halogens is 1. The first kappa shape index (κ1) is 17.2. The Morgan fingerprint density at radius 3 is 2.64 bits per heavy atom. The van der Waals surface area contributed by atoms with Crippen molar-refractivity contribution in [2.24, 2.45) is 5.10 Å². The molecule has 0 aliphatic heterocycles. The molecule has 0 atom stereocenters. The van der Waals surface area contributed by atoms with Crippen LogP contribution in [-0.4, -0.2) is 35.6 Å². The van der Waals surface area contributed by atoms with E-state index in [1.165, 1.54) is 0 Å². The third-order valence-corrected chi connectivity index (χ3v) is 4.23. The standard InChI is InChI=1S/C18H18BrN5O/c1-12-17(24-11-14(19)6-9-16(24)21-12)18(25)22-20-10-13-4-7-15(8-5-13)23(2)3/h4-11H,1-3H3,(H,22,25)/b20-10-. The third-order valence-electron chi connectivity index (χ3n) is 3.76. The van der Waals surface area contributed by atoms with Crippen molar-refractivity contribution >= 4 is 39.4 Å². The quantitative estimate of drug-likeness (QED) is 0.540. The van der Waals surface area contributed by atoms with Gasteiger partial charge in [-0.2, -0.15) is 5.10 Å². The predicted octanol–water partition coefficient (Wildman–Crippen LogP) is 3.24. The molecule has 7 heteroatoms. The van der Waals surface area contributed by atoms with Gasteiger partial charge in [0.25, 0.3) is 5.91 Å². The van der Waals surface area contributed by atoms with Gasteiger partial charge in [-0.3, -0.25) is 9.20 Å². The van der Waals surface area contributed by atoms with Crippen LogP contribution in [0.5, 0.6) is 0 Å². The van der Waals surface area contributed by atoms with Crippen molar-refractivity contribution in [3.05, 3.63) is 64.0 Å². The van der Waals surface area contributed by atoms with E-state index in [0.29, 0.717) is 17.0 Å². The number of hydrogen-bond acceptors (Lipinski definition) is 4. The van der Waals surface area contributed by atoms with Gasteiger partial charge < -0.3 is 4.90 Å². The number of aryl methyl sites for hydroxylation is 1. The fourth-order valence-corrected chi connectivity index (χ4v) is 2.82. The summed E-state index contributed by atoms with van der Waals surface area (Å²) in [5.41, 5.74) is 6.42. The molecule has 3 rings (SSSR count). The molecule has 0 saturated heterocycles. The summed E-state index contributed by atoms with van der Waals surface area (Å²) >= 11 is 3.41. The Morgan fingerprint density at radius 2 is 1.96 bits per heavy atom. The Balaban J connectivity index is 1.76. The van der Waals surface area contributed by atoms with Crippen molar-refractivity contribution in [3.63, 3.8) is 0 Å². The summed E-state index contributed by atoms with van der Waals surface area (Å²) in [6.45, 7) is 1.81. The van der Waals surface area contributed by atoms with Crippen molar-refractivity contribution in [3.8, 4) is 0 Å². The molecule has 0 saturated carbocycles. The summed E-state index contributed by atoms with van der Waals surface area (Å²) in [4.78, 5) is 18.9. The smallest absolute Gasteiger partial charge is 0.290 e. The lowest BCUT2D eigenvalue weighted by molar-refractivity contribution is 0.0948. The maximum absolute atomic E-state index is 12.5. The van der Waals surface area contributed by atoms with Crippen LogP contribution in [0.25, 0.3) is 5.65 Å². The topological polar surface area (TPSA) is 62.0 Å². The summed E-state index contributed by atoms with van der Waals surface area (Å²) < 4.78 is 2.62. The van der Waals surface area contributed by atoms with Crippen molar-refractivity contribution in [2.45, 2.75) is 6.92 Å². The number of aromatic nitrogens is 2. The molecule has 2 heterocycles. The average molecular weight is 400 g/mol. The molecule has 0 radical (unpaired) electrons. The second-order valence-electron chi connectivity index (χ2n) is 5.81. The number of imidazole rings is 1. The number of carbonyl (C=O) groups is 1. The number of nitrogens with one attached hydrogen (secondary N) is 1. The minimum atomic E-state index is -0.302. The second kappa shape index (κ2) is 7.06. The Kier molecular flexibility index (Phi) is 4.85. The SMILES string of the molecule is Cc1nc2ccc(Br)cn2c1C(=O)N/N=C\c1ccc(N(C)C)cc1. The lowest BCUT2D eigenvalue weighted by atomic mass is 10.2. The maximum Gasteiger partial charge on any atom is 0.290 e. The van der Waals surface area contributed by atoms with E-state index in [2.05, 4.69) is 31.4 Å². The van der Waals surface area contributed by atoms with E-state index in [-0.39, 0.29) is 5.91 Å². The van der Waals surface area contributed by atoms with Gasteiger partial charge in [-0.05, 0) is 52.7 Å². The number of anilines is 1. The van der Waals surface area contributed by atoms with Crippen LogP contribution in [0.3, 0.4) is 0 Å². The van der Waals surface area contributed by atoms with E-state index in [1.54, 1.807) is 17.5 Å². The summed E-state index contributed by atoms with van der Waals surface area (Å²) in [6, 6.07) is 11.6. The van der Waals surface area contributed by atoms with Gasteiger partial charge in [-0.15, -0.1) is 0 Å². The zero-order valence-electron chi connectivity index (χ0n) is 14.2. The van der Waals surface area contributed by atoms with Crippen LogP contribution in [0.1, 0.15) is 21.7 Å². The molecule has 1 aromatic carbocycles. The van der Waals surface area contributed by atoms with Crippen LogP contribution in [0.15, 0.2) is 52.2 Å². The number of nitrogens with zero attached hydrogens (tertiary/aromatic N) is 4. The molecular formula is C18H18BrN5O. The number of hydrazone groups is 1. The van der Waals surface area contributed by atoms with E-state index in [4.69, 9.17) is 0 Å². The summed E-state index contributed by atoms with van der Waals surface area (Å²) in [7, 11) is 3.97. The minimum absolute atomic E-state index is 0.302. The monoisotopic (exact) mass is 399 g/mol. The summed E-state index contributed by atoms with van der Waals surface area (Å²) in [5, 5.41) is 4.05. The zero-order valence-corrected chi connectivity index (χ0v) is 15.8. The van der Waals surface area contributed by atoms with Gasteiger partial charge in [0, 0.05) is 30.5 Å². The van der Waals surface area contributed by atoms with Gasteiger partial charge >= 0.3 is 0 Å². The molecule has 1 amide bonds. The molecule has 0 aliphatic rings. The number of pyridine rings is 1. The molecule has 0 fully saturated rings. The van der Waals surface area contributed by atoms with E-state index >= 15 is 0 Å². The van der Waals surface area contributed by atoms with Crippen LogP contribution in [-0.2, 0) is 0 Å². The highest BCUT2D eigenvalue weighted by Gasteiger charge is 2.16. The van der Waals surface area contributed by atoms with Crippen molar-refractivity contribution in [1.29, 1.82) is 0 Å². The Morgan fingerprint density at radius 1 is 1.24 bits per heavy atom. The van der Waals surface area contributed by atoms with E-state index < -0.39 is 0 Å². The van der Waals surface area contributed by atoms with Gasteiger partial charge in [-0.1, -0.05) is 12.1 Å². The fraction of sp³-hybridized carbons (Fsp3) is 0.167. The molecule has 3 aromatic rings. The molecule has 128 valence electrons. The van der Waals surface area contributed by atoms with Gasteiger partial charge in [0.15, 0.2) is 0 Å². The van der Waals surface area contributed by atoms with Crippen molar-refractivity contribution in [2.75, 3.05) is 19.0 Å². The van der Waals surface area contributed by atoms with Crippen LogP contribution < -0.4 is 10.3 Å². The predicted molar refractivity (Wildman–Crippen MR) is 103 cm³/mol. The maximum atomic E-state index is 12.5. The van der Waals surface area contributed by atoms with Crippen LogP contribution in [0.4, 0.5) is 5.69 Å². The molecule has 0 unspecified atom stereocenters.